The van der Waals surface area contributed by atoms with Gasteiger partial charge in [-0.25, -0.2) is 0 Å². The van der Waals surface area contributed by atoms with Crippen LogP contribution in [-0.4, -0.2) is 9.78 Å². The molecule has 4 fully saturated rings. The van der Waals surface area contributed by atoms with E-state index in [1.165, 1.54) is 37.7 Å². The zero-order valence-corrected chi connectivity index (χ0v) is 11.9. The Kier molecular flexibility index (Phi) is 2.73. The summed E-state index contributed by atoms with van der Waals surface area (Å²) in [7, 11) is 0. The molecule has 0 unspecified atom stereocenters. The predicted octanol–water partition coefficient (Wildman–Crippen LogP) is 2.72. The monoisotopic (exact) mass is 259 g/mol. The third kappa shape index (κ3) is 1.94. The molecule has 5 rings (SSSR count). The molecule has 4 aliphatic carbocycles. The second kappa shape index (κ2) is 4.34. The minimum absolute atomic E-state index is 0.619. The van der Waals surface area contributed by atoms with Gasteiger partial charge in [-0.1, -0.05) is 0 Å². The second-order valence-corrected chi connectivity index (χ2v) is 7.26. The fourth-order valence-corrected chi connectivity index (χ4v) is 5.41. The highest BCUT2D eigenvalue weighted by molar-refractivity contribution is 5.14. The van der Waals surface area contributed by atoms with Crippen molar-refractivity contribution in [1.82, 2.24) is 9.78 Å². The molecule has 0 radical (unpaired) electrons. The van der Waals surface area contributed by atoms with Crippen LogP contribution in [0.5, 0.6) is 0 Å². The molecule has 0 amide bonds. The van der Waals surface area contributed by atoms with E-state index >= 15 is 0 Å². The molecule has 3 heteroatoms. The zero-order chi connectivity index (χ0) is 13.0. The first kappa shape index (κ1) is 12.0. The molecular weight excluding hydrogens is 234 g/mol. The van der Waals surface area contributed by atoms with Crippen LogP contribution in [0.3, 0.4) is 0 Å². The van der Waals surface area contributed by atoms with Gasteiger partial charge in [-0.2, -0.15) is 5.10 Å². The Labute approximate surface area is 115 Å². The lowest BCUT2D eigenvalue weighted by Crippen LogP contribution is -2.46. The van der Waals surface area contributed by atoms with Crippen molar-refractivity contribution in [3.8, 4) is 0 Å². The fourth-order valence-electron chi connectivity index (χ4n) is 5.41. The first-order valence-electron chi connectivity index (χ1n) is 7.96. The third-order valence-electron chi connectivity index (χ3n) is 6.09. The van der Waals surface area contributed by atoms with Crippen LogP contribution in [-0.2, 0) is 13.1 Å². The lowest BCUT2D eigenvalue weighted by molar-refractivity contribution is -0.0442. The van der Waals surface area contributed by atoms with Crippen molar-refractivity contribution in [3.05, 3.63) is 17.5 Å². The molecule has 0 spiro atoms. The maximum absolute atomic E-state index is 5.76. The molecule has 4 aliphatic rings. The summed E-state index contributed by atoms with van der Waals surface area (Å²) in [6.07, 6.45) is 9.73. The van der Waals surface area contributed by atoms with Gasteiger partial charge in [-0.15, -0.1) is 0 Å². The van der Waals surface area contributed by atoms with Crippen LogP contribution in [0.15, 0.2) is 6.20 Å². The molecule has 4 saturated carbocycles. The number of nitrogens with two attached hydrogens (primary N) is 1. The molecule has 0 saturated heterocycles. The lowest BCUT2D eigenvalue weighted by Gasteiger charge is -2.54. The summed E-state index contributed by atoms with van der Waals surface area (Å²) in [6, 6.07) is 0. The number of rotatable bonds is 3. The molecule has 0 aliphatic heterocycles. The van der Waals surface area contributed by atoms with Crippen LogP contribution < -0.4 is 5.73 Å². The Morgan fingerprint density at radius 2 is 1.79 bits per heavy atom. The molecule has 3 nitrogen and oxygen atoms in total. The van der Waals surface area contributed by atoms with Crippen LogP contribution >= 0.6 is 0 Å². The van der Waals surface area contributed by atoms with E-state index in [9.17, 15) is 0 Å². The van der Waals surface area contributed by atoms with Crippen molar-refractivity contribution in [1.29, 1.82) is 0 Å². The van der Waals surface area contributed by atoms with Gasteiger partial charge >= 0.3 is 0 Å². The van der Waals surface area contributed by atoms with Gasteiger partial charge in [0.25, 0.3) is 0 Å². The smallest absolute Gasteiger partial charge is 0.0638 e. The summed E-state index contributed by atoms with van der Waals surface area (Å²) < 4.78 is 2.18. The molecule has 1 heterocycles. The van der Waals surface area contributed by atoms with E-state index in [2.05, 4.69) is 22.9 Å². The highest BCUT2D eigenvalue weighted by Gasteiger charge is 2.48. The number of nitrogens with zero attached hydrogens (tertiary/aromatic N) is 2. The van der Waals surface area contributed by atoms with Gasteiger partial charge in [0.05, 0.1) is 5.69 Å². The lowest BCUT2D eigenvalue weighted by atomic mass is 9.52. The Morgan fingerprint density at radius 1 is 1.16 bits per heavy atom. The van der Waals surface area contributed by atoms with Crippen molar-refractivity contribution < 1.29 is 0 Å². The highest BCUT2D eigenvalue weighted by Crippen LogP contribution is 2.56. The van der Waals surface area contributed by atoms with E-state index in [0.717, 1.165) is 41.8 Å². The summed E-state index contributed by atoms with van der Waals surface area (Å²) in [6.45, 7) is 3.83. The van der Waals surface area contributed by atoms with E-state index in [0.29, 0.717) is 6.54 Å². The number of hydrogen-bond donors (Lipinski definition) is 1. The largest absolute Gasteiger partial charge is 0.326 e. The molecule has 4 bridgehead atoms. The molecular formula is C16H25N3. The number of hydrogen-bond acceptors (Lipinski definition) is 2. The van der Waals surface area contributed by atoms with E-state index in [1.807, 2.05) is 0 Å². The molecule has 2 N–H and O–H groups in total. The second-order valence-electron chi connectivity index (χ2n) is 7.26. The Morgan fingerprint density at radius 3 is 2.32 bits per heavy atom. The average Bonchev–Trinajstić information content (AvgIpc) is 2.73. The molecule has 0 atom stereocenters. The van der Waals surface area contributed by atoms with Crippen molar-refractivity contribution in [3.63, 3.8) is 0 Å². The topological polar surface area (TPSA) is 43.8 Å². The van der Waals surface area contributed by atoms with Gasteiger partial charge in [0.15, 0.2) is 0 Å². The maximum Gasteiger partial charge on any atom is 0.0638 e. The first-order chi connectivity index (χ1) is 9.22. The predicted molar refractivity (Wildman–Crippen MR) is 75.4 cm³/mol. The zero-order valence-electron chi connectivity index (χ0n) is 11.9. The third-order valence-corrected chi connectivity index (χ3v) is 6.09. The Bertz CT molecular complexity index is 448. The minimum Gasteiger partial charge on any atom is -0.326 e. The van der Waals surface area contributed by atoms with Crippen molar-refractivity contribution in [2.24, 2.45) is 35.3 Å². The number of aryl methyl sites for hydroxylation is 1. The standard InChI is InChI=1S/C16H25N3/c1-10-15(7-17)8-19(18-10)9-16-13-3-11-2-12(5-13)6-14(16)4-11/h8,11-14,16H,2-7,9,17H2,1H3. The van der Waals surface area contributed by atoms with E-state index < -0.39 is 0 Å². The fraction of sp³-hybridized carbons (Fsp3) is 0.812. The van der Waals surface area contributed by atoms with Crippen LogP contribution in [0.4, 0.5) is 0 Å². The van der Waals surface area contributed by atoms with E-state index in [1.54, 1.807) is 0 Å². The molecule has 1 aromatic heterocycles. The van der Waals surface area contributed by atoms with Crippen molar-refractivity contribution in [2.45, 2.75) is 52.1 Å². The van der Waals surface area contributed by atoms with Gasteiger partial charge in [0.2, 0.25) is 0 Å². The highest BCUT2D eigenvalue weighted by atomic mass is 15.3. The Hall–Kier alpha value is -0.830. The van der Waals surface area contributed by atoms with Gasteiger partial charge in [0, 0.05) is 24.8 Å². The summed E-state index contributed by atoms with van der Waals surface area (Å²) in [5, 5.41) is 4.67. The minimum atomic E-state index is 0.619. The van der Waals surface area contributed by atoms with E-state index in [4.69, 9.17) is 5.73 Å². The van der Waals surface area contributed by atoms with Gasteiger partial charge in [-0.05, 0) is 68.6 Å². The van der Waals surface area contributed by atoms with Gasteiger partial charge < -0.3 is 5.73 Å². The Balaban J connectivity index is 1.53. The average molecular weight is 259 g/mol. The number of aromatic nitrogens is 2. The summed E-state index contributed by atoms with van der Waals surface area (Å²) in [4.78, 5) is 0. The quantitative estimate of drug-likeness (QED) is 0.907. The van der Waals surface area contributed by atoms with Crippen LogP contribution in [0.1, 0.15) is 43.4 Å². The van der Waals surface area contributed by atoms with Crippen LogP contribution in [0, 0.1) is 36.5 Å². The maximum atomic E-state index is 5.76. The molecule has 0 aromatic carbocycles. The first-order valence-corrected chi connectivity index (χ1v) is 7.96. The van der Waals surface area contributed by atoms with Crippen molar-refractivity contribution in [2.75, 3.05) is 0 Å². The summed E-state index contributed by atoms with van der Waals surface area (Å²) >= 11 is 0. The van der Waals surface area contributed by atoms with E-state index in [-0.39, 0.29) is 0 Å². The molecule has 104 valence electrons. The van der Waals surface area contributed by atoms with Gasteiger partial charge in [-0.3, -0.25) is 4.68 Å². The molecule has 19 heavy (non-hydrogen) atoms. The summed E-state index contributed by atoms with van der Waals surface area (Å²) in [5.74, 6) is 5.00. The van der Waals surface area contributed by atoms with Crippen molar-refractivity contribution >= 4 is 0 Å². The van der Waals surface area contributed by atoms with Crippen LogP contribution in [0.25, 0.3) is 0 Å². The molecule has 1 aromatic rings. The van der Waals surface area contributed by atoms with Crippen LogP contribution in [0.2, 0.25) is 0 Å². The SMILES string of the molecule is Cc1nn(CC2C3CC4CC(C3)CC2C4)cc1CN. The normalized spacial score (nSPS) is 40.0. The summed E-state index contributed by atoms with van der Waals surface area (Å²) in [5.41, 5.74) is 8.09. The van der Waals surface area contributed by atoms with Gasteiger partial charge in [0.1, 0.15) is 0 Å².